The molecular formula is C17H23NO2. The van der Waals surface area contributed by atoms with Gasteiger partial charge in [0.25, 0.3) is 0 Å². The molecule has 2 aliphatic rings. The van der Waals surface area contributed by atoms with Gasteiger partial charge in [-0.15, -0.1) is 0 Å². The second kappa shape index (κ2) is 6.40. The number of esters is 1. The van der Waals surface area contributed by atoms with Gasteiger partial charge >= 0.3 is 5.97 Å². The van der Waals surface area contributed by atoms with Crippen molar-refractivity contribution in [2.24, 2.45) is 5.92 Å². The van der Waals surface area contributed by atoms with E-state index in [2.05, 4.69) is 4.90 Å². The first-order valence-electron chi connectivity index (χ1n) is 7.81. The Bertz CT molecular complexity index is 444. The van der Waals surface area contributed by atoms with Gasteiger partial charge in [-0.05, 0) is 50.9 Å². The quantitative estimate of drug-likeness (QED) is 0.793. The molecule has 3 nitrogen and oxygen atoms in total. The topological polar surface area (TPSA) is 29.5 Å². The number of carbonyl (C=O) groups is 1. The van der Waals surface area contributed by atoms with Crippen molar-refractivity contribution in [3.63, 3.8) is 0 Å². The lowest BCUT2D eigenvalue weighted by atomic mass is 9.84. The fourth-order valence-electron chi connectivity index (χ4n) is 3.61. The molecular weight excluding hydrogens is 250 g/mol. The number of hydrogen-bond acceptors (Lipinski definition) is 3. The normalized spacial score (nSPS) is 26.8. The van der Waals surface area contributed by atoms with Crippen molar-refractivity contribution in [3.05, 3.63) is 35.9 Å². The number of fused-ring (bicyclic) bond motifs is 1. The molecule has 0 aromatic heterocycles. The zero-order valence-corrected chi connectivity index (χ0v) is 12.0. The molecule has 0 bridgehead atoms. The first-order valence-corrected chi connectivity index (χ1v) is 7.81. The Labute approximate surface area is 120 Å². The third kappa shape index (κ3) is 3.04. The van der Waals surface area contributed by atoms with Gasteiger partial charge in [0, 0.05) is 12.0 Å². The highest BCUT2D eigenvalue weighted by Crippen LogP contribution is 2.31. The Kier molecular flexibility index (Phi) is 4.36. The smallest absolute Gasteiger partial charge is 0.338 e. The molecule has 3 heteroatoms. The number of carbonyl (C=O) groups excluding carboxylic acids is 1. The third-order valence-corrected chi connectivity index (χ3v) is 4.67. The predicted octanol–water partition coefficient (Wildman–Crippen LogP) is 3.11. The van der Waals surface area contributed by atoms with E-state index in [0.29, 0.717) is 24.1 Å². The number of nitrogens with zero attached hydrogens (tertiary/aromatic N) is 1. The number of hydrogen-bond donors (Lipinski definition) is 0. The van der Waals surface area contributed by atoms with Gasteiger partial charge in [-0.3, -0.25) is 4.90 Å². The summed E-state index contributed by atoms with van der Waals surface area (Å²) in [5, 5.41) is 0. The Morgan fingerprint density at radius 3 is 2.75 bits per heavy atom. The Hall–Kier alpha value is -1.35. The van der Waals surface area contributed by atoms with Gasteiger partial charge in [0.05, 0.1) is 12.2 Å². The van der Waals surface area contributed by atoms with Crippen LogP contribution < -0.4 is 0 Å². The van der Waals surface area contributed by atoms with Gasteiger partial charge < -0.3 is 4.74 Å². The summed E-state index contributed by atoms with van der Waals surface area (Å²) >= 11 is 0. The van der Waals surface area contributed by atoms with Crippen LogP contribution >= 0.6 is 0 Å². The van der Waals surface area contributed by atoms with E-state index in [9.17, 15) is 4.79 Å². The van der Waals surface area contributed by atoms with E-state index in [1.54, 1.807) is 0 Å². The highest BCUT2D eigenvalue weighted by atomic mass is 16.5. The van der Waals surface area contributed by atoms with Gasteiger partial charge in [0.15, 0.2) is 0 Å². The average molecular weight is 273 g/mol. The molecule has 0 unspecified atom stereocenters. The van der Waals surface area contributed by atoms with Crippen LogP contribution in [0.3, 0.4) is 0 Å². The highest BCUT2D eigenvalue weighted by Gasteiger charge is 2.33. The van der Waals surface area contributed by atoms with Crippen molar-refractivity contribution in [2.45, 2.75) is 38.1 Å². The van der Waals surface area contributed by atoms with E-state index in [1.165, 1.54) is 45.2 Å². The SMILES string of the molecule is O=C(OC[C@@H]1CCCN2CCCC[C@@H]12)c1ccccc1. The van der Waals surface area contributed by atoms with E-state index in [0.717, 1.165) is 0 Å². The van der Waals surface area contributed by atoms with Crippen LogP contribution in [0.4, 0.5) is 0 Å². The third-order valence-electron chi connectivity index (χ3n) is 4.67. The number of ether oxygens (including phenoxy) is 1. The van der Waals surface area contributed by atoms with E-state index < -0.39 is 0 Å². The van der Waals surface area contributed by atoms with E-state index in [-0.39, 0.29) is 5.97 Å². The molecule has 2 saturated heterocycles. The van der Waals surface area contributed by atoms with Crippen LogP contribution in [0.2, 0.25) is 0 Å². The number of benzene rings is 1. The molecule has 2 fully saturated rings. The van der Waals surface area contributed by atoms with E-state index >= 15 is 0 Å². The molecule has 108 valence electrons. The lowest BCUT2D eigenvalue weighted by molar-refractivity contribution is 0.00739. The molecule has 1 aromatic carbocycles. The zero-order chi connectivity index (χ0) is 13.8. The minimum atomic E-state index is -0.182. The standard InChI is InChI=1S/C17H23NO2/c19-17(14-7-2-1-3-8-14)20-13-15-9-6-12-18-11-5-4-10-16(15)18/h1-3,7-8,15-16H,4-6,9-13H2/t15-,16-/m0/s1. The minimum absolute atomic E-state index is 0.182. The Morgan fingerprint density at radius 2 is 1.90 bits per heavy atom. The molecule has 0 aliphatic carbocycles. The molecule has 0 radical (unpaired) electrons. The first kappa shape index (κ1) is 13.6. The van der Waals surface area contributed by atoms with Crippen LogP contribution in [0.15, 0.2) is 30.3 Å². The van der Waals surface area contributed by atoms with Crippen molar-refractivity contribution >= 4 is 5.97 Å². The number of rotatable bonds is 3. The molecule has 0 amide bonds. The lowest BCUT2D eigenvalue weighted by Gasteiger charge is -2.44. The van der Waals surface area contributed by atoms with Crippen molar-refractivity contribution in [1.29, 1.82) is 0 Å². The lowest BCUT2D eigenvalue weighted by Crippen LogP contribution is -2.49. The second-order valence-corrected chi connectivity index (χ2v) is 5.97. The molecule has 0 N–H and O–H groups in total. The molecule has 3 rings (SSSR count). The number of piperidine rings is 2. The first-order chi connectivity index (χ1) is 9.84. The van der Waals surface area contributed by atoms with Crippen LogP contribution in [0.25, 0.3) is 0 Å². The molecule has 2 heterocycles. The highest BCUT2D eigenvalue weighted by molar-refractivity contribution is 5.89. The van der Waals surface area contributed by atoms with Crippen molar-refractivity contribution < 1.29 is 9.53 Å². The van der Waals surface area contributed by atoms with E-state index in [4.69, 9.17) is 4.74 Å². The van der Waals surface area contributed by atoms with Crippen LogP contribution in [0.1, 0.15) is 42.5 Å². The van der Waals surface area contributed by atoms with Crippen LogP contribution in [0.5, 0.6) is 0 Å². The summed E-state index contributed by atoms with van der Waals surface area (Å²) in [6.07, 6.45) is 6.36. The summed E-state index contributed by atoms with van der Waals surface area (Å²) in [7, 11) is 0. The summed E-state index contributed by atoms with van der Waals surface area (Å²) in [6.45, 7) is 3.04. The van der Waals surface area contributed by atoms with Gasteiger partial charge in [-0.2, -0.15) is 0 Å². The molecule has 1 aromatic rings. The summed E-state index contributed by atoms with van der Waals surface area (Å²) in [4.78, 5) is 14.6. The zero-order valence-electron chi connectivity index (χ0n) is 12.0. The van der Waals surface area contributed by atoms with Gasteiger partial charge in [-0.25, -0.2) is 4.79 Å². The van der Waals surface area contributed by atoms with Gasteiger partial charge in [-0.1, -0.05) is 24.6 Å². The van der Waals surface area contributed by atoms with Crippen molar-refractivity contribution in [3.8, 4) is 0 Å². The summed E-state index contributed by atoms with van der Waals surface area (Å²) in [6, 6.07) is 9.94. The summed E-state index contributed by atoms with van der Waals surface area (Å²) in [5.41, 5.74) is 0.656. The molecule has 0 saturated carbocycles. The maximum Gasteiger partial charge on any atom is 0.338 e. The Balaban J connectivity index is 1.56. The molecule has 0 spiro atoms. The fraction of sp³-hybridized carbons (Fsp3) is 0.588. The predicted molar refractivity (Wildman–Crippen MR) is 78.7 cm³/mol. The molecule has 2 atom stereocenters. The average Bonchev–Trinajstić information content (AvgIpc) is 2.53. The minimum Gasteiger partial charge on any atom is -0.462 e. The van der Waals surface area contributed by atoms with Gasteiger partial charge in [0.2, 0.25) is 0 Å². The largest absolute Gasteiger partial charge is 0.462 e. The molecule has 20 heavy (non-hydrogen) atoms. The Morgan fingerprint density at radius 1 is 1.10 bits per heavy atom. The van der Waals surface area contributed by atoms with Gasteiger partial charge in [0.1, 0.15) is 0 Å². The molecule has 2 aliphatic heterocycles. The van der Waals surface area contributed by atoms with Crippen LogP contribution in [-0.4, -0.2) is 36.6 Å². The van der Waals surface area contributed by atoms with Crippen molar-refractivity contribution in [1.82, 2.24) is 4.90 Å². The van der Waals surface area contributed by atoms with E-state index in [1.807, 2.05) is 30.3 Å². The fourth-order valence-corrected chi connectivity index (χ4v) is 3.61. The maximum absolute atomic E-state index is 12.0. The summed E-state index contributed by atoms with van der Waals surface area (Å²) < 4.78 is 5.55. The summed E-state index contributed by atoms with van der Waals surface area (Å²) in [5.74, 6) is 0.343. The maximum atomic E-state index is 12.0. The second-order valence-electron chi connectivity index (χ2n) is 5.97. The monoisotopic (exact) mass is 273 g/mol. The van der Waals surface area contributed by atoms with Crippen LogP contribution in [-0.2, 0) is 4.74 Å². The van der Waals surface area contributed by atoms with Crippen LogP contribution in [0, 0.1) is 5.92 Å². The van der Waals surface area contributed by atoms with Crippen molar-refractivity contribution in [2.75, 3.05) is 19.7 Å².